The number of nitro benzene ring substituents is 1. The minimum absolute atomic E-state index is 0. The van der Waals surface area contributed by atoms with E-state index >= 15 is 0 Å². The van der Waals surface area contributed by atoms with Gasteiger partial charge in [0, 0.05) is 36.5 Å². The molecule has 1 aliphatic rings. The Labute approximate surface area is 139 Å². The summed E-state index contributed by atoms with van der Waals surface area (Å²) in [6.45, 7) is 0.268. The highest BCUT2D eigenvalue weighted by molar-refractivity contribution is 7.90. The minimum Gasteiger partial charge on any atom is -0.348 e. The van der Waals surface area contributed by atoms with Gasteiger partial charge in [-0.1, -0.05) is 0 Å². The number of sulfone groups is 1. The summed E-state index contributed by atoms with van der Waals surface area (Å²) in [4.78, 5) is 22.1. The molecule has 1 aromatic rings. The van der Waals surface area contributed by atoms with Gasteiger partial charge in [-0.25, -0.2) is 8.42 Å². The molecule has 0 saturated heterocycles. The molecule has 0 radical (unpaired) electrons. The molecule has 10 heteroatoms. The Morgan fingerprint density at radius 2 is 2.04 bits per heavy atom. The highest BCUT2D eigenvalue weighted by Crippen LogP contribution is 2.32. The fourth-order valence-electron chi connectivity index (χ4n) is 2.15. The first-order chi connectivity index (χ1) is 10.2. The van der Waals surface area contributed by atoms with Crippen molar-refractivity contribution in [1.29, 1.82) is 0 Å². The molecule has 0 spiro atoms. The summed E-state index contributed by atoms with van der Waals surface area (Å²) in [5.41, 5.74) is 5.10. The zero-order valence-electron chi connectivity index (χ0n) is 12.4. The summed E-state index contributed by atoms with van der Waals surface area (Å²) < 4.78 is 23.2. The van der Waals surface area contributed by atoms with Gasteiger partial charge >= 0.3 is 0 Å². The average molecular weight is 364 g/mol. The number of carbonyl (C=O) groups is 1. The molecule has 0 bridgehead atoms. The minimum atomic E-state index is -3.66. The van der Waals surface area contributed by atoms with Crippen LogP contribution in [-0.4, -0.2) is 38.1 Å². The predicted molar refractivity (Wildman–Crippen MR) is 86.5 cm³/mol. The summed E-state index contributed by atoms with van der Waals surface area (Å²) in [5.74, 6) is -0.238. The van der Waals surface area contributed by atoms with Crippen LogP contribution in [0, 0.1) is 16.0 Å². The van der Waals surface area contributed by atoms with E-state index in [1.807, 2.05) is 0 Å². The molecule has 23 heavy (non-hydrogen) atoms. The van der Waals surface area contributed by atoms with E-state index in [1.165, 1.54) is 0 Å². The Morgan fingerprint density at radius 1 is 1.43 bits per heavy atom. The van der Waals surface area contributed by atoms with Gasteiger partial charge in [0.25, 0.3) is 11.6 Å². The van der Waals surface area contributed by atoms with Crippen molar-refractivity contribution < 1.29 is 18.1 Å². The third-order valence-corrected chi connectivity index (χ3v) is 4.65. The number of nitrogens with one attached hydrogen (secondary N) is 1. The van der Waals surface area contributed by atoms with Gasteiger partial charge in [-0.3, -0.25) is 14.9 Å². The maximum Gasteiger partial charge on any atom is 0.271 e. The van der Waals surface area contributed by atoms with Crippen molar-refractivity contribution in [2.75, 3.05) is 12.8 Å². The quantitative estimate of drug-likeness (QED) is 0.569. The van der Waals surface area contributed by atoms with Crippen molar-refractivity contribution in [3.63, 3.8) is 0 Å². The first-order valence-electron chi connectivity index (χ1n) is 6.73. The smallest absolute Gasteiger partial charge is 0.271 e. The number of nitrogens with two attached hydrogens (primary N) is 1. The third kappa shape index (κ3) is 4.88. The predicted octanol–water partition coefficient (Wildman–Crippen LogP) is 0.887. The zero-order chi connectivity index (χ0) is 16.5. The van der Waals surface area contributed by atoms with Gasteiger partial charge in [0.1, 0.15) is 0 Å². The fourth-order valence-corrected chi connectivity index (χ4v) is 2.83. The number of non-ortho nitro benzene ring substituents is 1. The molecule has 1 unspecified atom stereocenters. The molecule has 1 aromatic carbocycles. The largest absolute Gasteiger partial charge is 0.348 e. The Hall–Kier alpha value is -1.71. The molecule has 1 saturated carbocycles. The number of amides is 1. The van der Waals surface area contributed by atoms with E-state index < -0.39 is 26.4 Å². The highest BCUT2D eigenvalue weighted by atomic mass is 35.5. The van der Waals surface area contributed by atoms with E-state index in [4.69, 9.17) is 5.73 Å². The summed E-state index contributed by atoms with van der Waals surface area (Å²) in [7, 11) is -3.66. The SMILES string of the molecule is CS(=O)(=O)c1cc(C(=O)NC(CN)C2CC2)cc([N+](=O)[O-])c1.Cl. The molecule has 0 aromatic heterocycles. The Bertz CT molecular complexity index is 718. The molecule has 2 rings (SSSR count). The summed E-state index contributed by atoms with van der Waals surface area (Å²) >= 11 is 0. The first-order valence-corrected chi connectivity index (χ1v) is 8.62. The molecule has 0 aliphatic heterocycles. The number of nitrogens with zero attached hydrogens (tertiary/aromatic N) is 1. The van der Waals surface area contributed by atoms with Crippen LogP contribution in [0.3, 0.4) is 0 Å². The molecule has 128 valence electrons. The van der Waals surface area contributed by atoms with Crippen LogP contribution >= 0.6 is 12.4 Å². The van der Waals surface area contributed by atoms with E-state index in [0.29, 0.717) is 5.92 Å². The third-order valence-electron chi connectivity index (χ3n) is 3.55. The van der Waals surface area contributed by atoms with Gasteiger partial charge in [0.15, 0.2) is 9.84 Å². The number of benzene rings is 1. The van der Waals surface area contributed by atoms with Crippen LogP contribution in [0.4, 0.5) is 5.69 Å². The number of rotatable bonds is 6. The molecular weight excluding hydrogens is 346 g/mol. The van der Waals surface area contributed by atoms with Gasteiger partial charge in [0.05, 0.1) is 9.82 Å². The lowest BCUT2D eigenvalue weighted by Crippen LogP contribution is -2.41. The lowest BCUT2D eigenvalue weighted by molar-refractivity contribution is -0.385. The average Bonchev–Trinajstić information content (AvgIpc) is 3.27. The van der Waals surface area contributed by atoms with Crippen molar-refractivity contribution in [1.82, 2.24) is 5.32 Å². The standard InChI is InChI=1S/C13H17N3O5S.ClH/c1-22(20,21)11-5-9(4-10(6-11)16(18)19)13(17)15-12(7-14)8-2-3-8;/h4-6,8,12H,2-3,7,14H2,1H3,(H,15,17);1H. The summed E-state index contributed by atoms with van der Waals surface area (Å²) in [6, 6.07) is 2.93. The van der Waals surface area contributed by atoms with Crippen LogP contribution < -0.4 is 11.1 Å². The molecule has 1 aliphatic carbocycles. The van der Waals surface area contributed by atoms with Crippen molar-refractivity contribution in [3.05, 3.63) is 33.9 Å². The van der Waals surface area contributed by atoms with Crippen LogP contribution in [0.5, 0.6) is 0 Å². The van der Waals surface area contributed by atoms with Crippen LogP contribution in [0.1, 0.15) is 23.2 Å². The molecular formula is C13H18ClN3O5S. The van der Waals surface area contributed by atoms with Crippen molar-refractivity contribution >= 4 is 33.8 Å². The zero-order valence-corrected chi connectivity index (χ0v) is 14.0. The Balaban J connectivity index is 0.00000264. The van der Waals surface area contributed by atoms with E-state index in [9.17, 15) is 23.3 Å². The number of carbonyl (C=O) groups excluding carboxylic acids is 1. The van der Waals surface area contributed by atoms with E-state index in [1.54, 1.807) is 0 Å². The van der Waals surface area contributed by atoms with Gasteiger partial charge in [-0.05, 0) is 24.8 Å². The van der Waals surface area contributed by atoms with Crippen LogP contribution in [0.2, 0.25) is 0 Å². The number of halogens is 1. The van der Waals surface area contributed by atoms with Gasteiger partial charge < -0.3 is 11.1 Å². The maximum atomic E-state index is 12.2. The Kier molecular flexibility index (Phi) is 6.09. The summed E-state index contributed by atoms with van der Waals surface area (Å²) in [6.07, 6.45) is 2.89. The molecule has 3 N–H and O–H groups in total. The molecule has 8 nitrogen and oxygen atoms in total. The van der Waals surface area contributed by atoms with E-state index in [0.717, 1.165) is 37.3 Å². The lowest BCUT2D eigenvalue weighted by Gasteiger charge is -2.16. The second kappa shape index (κ2) is 7.24. The van der Waals surface area contributed by atoms with E-state index in [2.05, 4.69) is 5.32 Å². The molecule has 1 fully saturated rings. The Morgan fingerprint density at radius 3 is 2.48 bits per heavy atom. The van der Waals surface area contributed by atoms with Gasteiger partial charge in [-0.15, -0.1) is 12.4 Å². The normalized spacial score (nSPS) is 15.4. The van der Waals surface area contributed by atoms with Gasteiger partial charge in [0.2, 0.25) is 0 Å². The number of hydrogen-bond donors (Lipinski definition) is 2. The van der Waals surface area contributed by atoms with Crippen LogP contribution in [0.25, 0.3) is 0 Å². The lowest BCUT2D eigenvalue weighted by atomic mass is 10.1. The highest BCUT2D eigenvalue weighted by Gasteiger charge is 2.31. The van der Waals surface area contributed by atoms with Crippen molar-refractivity contribution in [2.45, 2.75) is 23.8 Å². The fraction of sp³-hybridized carbons (Fsp3) is 0.462. The first kappa shape index (κ1) is 19.3. The van der Waals surface area contributed by atoms with Crippen molar-refractivity contribution in [2.24, 2.45) is 11.7 Å². The van der Waals surface area contributed by atoms with Gasteiger partial charge in [-0.2, -0.15) is 0 Å². The second-order valence-electron chi connectivity index (χ2n) is 5.40. The second-order valence-corrected chi connectivity index (χ2v) is 7.41. The molecule has 0 heterocycles. The van der Waals surface area contributed by atoms with Crippen LogP contribution in [-0.2, 0) is 9.84 Å². The molecule has 1 amide bonds. The molecule has 1 atom stereocenters. The van der Waals surface area contributed by atoms with Crippen molar-refractivity contribution in [3.8, 4) is 0 Å². The van der Waals surface area contributed by atoms with Crippen LogP contribution in [0.15, 0.2) is 23.1 Å². The monoisotopic (exact) mass is 363 g/mol. The van der Waals surface area contributed by atoms with E-state index in [-0.39, 0.29) is 35.5 Å². The number of hydrogen-bond acceptors (Lipinski definition) is 6. The maximum absolute atomic E-state index is 12.2. The summed E-state index contributed by atoms with van der Waals surface area (Å²) in [5, 5.41) is 13.6. The number of nitro groups is 1. The topological polar surface area (TPSA) is 132 Å².